The number of hydrogen-bond donors (Lipinski definition) is 1. The Kier molecular flexibility index (Phi) is 6.43. The van der Waals surface area contributed by atoms with Crippen LogP contribution in [0.4, 0.5) is 4.79 Å². The Labute approximate surface area is 128 Å². The molecule has 124 valence electrons. The molecule has 21 heavy (non-hydrogen) atoms. The van der Waals surface area contributed by atoms with Crippen LogP contribution in [0, 0.1) is 0 Å². The maximum absolute atomic E-state index is 12.0. The summed E-state index contributed by atoms with van der Waals surface area (Å²) in [7, 11) is 1.70. The summed E-state index contributed by atoms with van der Waals surface area (Å²) in [6.07, 6.45) is 0.678. The smallest absolute Gasteiger partial charge is 0.410 e. The number of nitrogens with zero attached hydrogens (tertiary/aromatic N) is 2. The number of carbonyl (C=O) groups excluding carboxylic acids is 1. The number of hydrogen-bond acceptors (Lipinski definition) is 5. The van der Waals surface area contributed by atoms with Crippen molar-refractivity contribution in [3.8, 4) is 0 Å². The Morgan fingerprint density at radius 3 is 2.14 bits per heavy atom. The fraction of sp³-hybridized carbons (Fsp3) is 0.933. The van der Waals surface area contributed by atoms with Crippen molar-refractivity contribution < 1.29 is 14.3 Å². The molecule has 0 aromatic heterocycles. The molecule has 0 spiro atoms. The molecule has 0 aromatic rings. The number of ether oxygens (including phenoxy) is 2. The summed E-state index contributed by atoms with van der Waals surface area (Å²) < 4.78 is 10.8. The van der Waals surface area contributed by atoms with E-state index in [4.69, 9.17) is 15.2 Å². The lowest BCUT2D eigenvalue weighted by Crippen LogP contribution is -2.51. The standard InChI is InChI=1S/C15H31N3O3/c1-14(2,3)21-13(19)18-10-8-17(9-11-18)7-6-15(4,12-16)20-5/h6-12,16H2,1-5H3. The van der Waals surface area contributed by atoms with Crippen LogP contribution in [0.25, 0.3) is 0 Å². The number of nitrogens with two attached hydrogens (primary N) is 1. The molecule has 6 heteroatoms. The number of methoxy groups -OCH3 is 1. The lowest BCUT2D eigenvalue weighted by Gasteiger charge is -2.37. The second-order valence-corrected chi connectivity index (χ2v) is 6.92. The van der Waals surface area contributed by atoms with Crippen molar-refractivity contribution in [1.82, 2.24) is 9.80 Å². The van der Waals surface area contributed by atoms with Crippen LogP contribution in [-0.4, -0.2) is 73.5 Å². The third-order valence-electron chi connectivity index (χ3n) is 3.91. The average molecular weight is 301 g/mol. The van der Waals surface area contributed by atoms with Gasteiger partial charge in [0, 0.05) is 46.4 Å². The van der Waals surface area contributed by atoms with Crippen molar-refractivity contribution in [1.29, 1.82) is 0 Å². The molecule has 0 saturated carbocycles. The largest absolute Gasteiger partial charge is 0.444 e. The maximum atomic E-state index is 12.0. The Bertz CT molecular complexity index is 330. The van der Waals surface area contributed by atoms with E-state index in [0.29, 0.717) is 19.6 Å². The highest BCUT2D eigenvalue weighted by molar-refractivity contribution is 5.68. The first-order chi connectivity index (χ1) is 9.69. The Balaban J connectivity index is 2.34. The Morgan fingerprint density at radius 1 is 1.14 bits per heavy atom. The minimum Gasteiger partial charge on any atom is -0.444 e. The highest BCUT2D eigenvalue weighted by Crippen LogP contribution is 2.15. The first-order valence-electron chi connectivity index (χ1n) is 7.64. The Morgan fingerprint density at radius 2 is 1.71 bits per heavy atom. The molecule has 0 radical (unpaired) electrons. The van der Waals surface area contributed by atoms with Gasteiger partial charge in [-0.15, -0.1) is 0 Å². The molecule has 1 aliphatic heterocycles. The van der Waals surface area contributed by atoms with Crippen LogP contribution in [-0.2, 0) is 9.47 Å². The van der Waals surface area contributed by atoms with Crippen LogP contribution in [0.3, 0.4) is 0 Å². The fourth-order valence-corrected chi connectivity index (χ4v) is 2.16. The number of carbonyl (C=O) groups is 1. The van der Waals surface area contributed by atoms with E-state index in [1.807, 2.05) is 27.7 Å². The summed E-state index contributed by atoms with van der Waals surface area (Å²) in [5.74, 6) is 0. The highest BCUT2D eigenvalue weighted by Gasteiger charge is 2.27. The molecule has 1 saturated heterocycles. The summed E-state index contributed by atoms with van der Waals surface area (Å²) in [5.41, 5.74) is 5.04. The zero-order valence-electron chi connectivity index (χ0n) is 14.1. The Hall–Kier alpha value is -0.850. The molecular weight excluding hydrogens is 270 g/mol. The first-order valence-corrected chi connectivity index (χ1v) is 7.64. The van der Waals surface area contributed by atoms with Gasteiger partial charge in [-0.25, -0.2) is 4.79 Å². The van der Waals surface area contributed by atoms with E-state index >= 15 is 0 Å². The third-order valence-corrected chi connectivity index (χ3v) is 3.91. The zero-order valence-corrected chi connectivity index (χ0v) is 14.1. The average Bonchev–Trinajstić information content (AvgIpc) is 2.43. The van der Waals surface area contributed by atoms with E-state index < -0.39 is 5.60 Å². The topological polar surface area (TPSA) is 68.0 Å². The van der Waals surface area contributed by atoms with Gasteiger partial charge >= 0.3 is 6.09 Å². The predicted octanol–water partition coefficient (Wildman–Crippen LogP) is 1.29. The summed E-state index contributed by atoms with van der Waals surface area (Å²) in [6.45, 7) is 12.3. The normalized spacial score (nSPS) is 20.2. The summed E-state index contributed by atoms with van der Waals surface area (Å²) in [6, 6.07) is 0. The second kappa shape index (κ2) is 7.42. The van der Waals surface area contributed by atoms with Gasteiger partial charge in [0.05, 0.1) is 5.60 Å². The van der Waals surface area contributed by atoms with Crippen LogP contribution < -0.4 is 5.73 Å². The molecule has 1 amide bonds. The molecule has 1 unspecified atom stereocenters. The zero-order chi connectivity index (χ0) is 16.1. The van der Waals surface area contributed by atoms with E-state index in [1.165, 1.54) is 0 Å². The van der Waals surface area contributed by atoms with Gasteiger partial charge in [0.2, 0.25) is 0 Å². The molecule has 0 bridgehead atoms. The lowest BCUT2D eigenvalue weighted by atomic mass is 10.0. The quantitative estimate of drug-likeness (QED) is 0.829. The number of piperazine rings is 1. The monoisotopic (exact) mass is 301 g/mol. The van der Waals surface area contributed by atoms with Crippen LogP contribution in [0.15, 0.2) is 0 Å². The van der Waals surface area contributed by atoms with E-state index in [-0.39, 0.29) is 11.7 Å². The van der Waals surface area contributed by atoms with Crippen LogP contribution in [0.2, 0.25) is 0 Å². The van der Waals surface area contributed by atoms with Gasteiger partial charge in [-0.2, -0.15) is 0 Å². The van der Waals surface area contributed by atoms with Gasteiger partial charge in [0.15, 0.2) is 0 Å². The van der Waals surface area contributed by atoms with Crippen molar-refractivity contribution in [3.63, 3.8) is 0 Å². The third kappa shape index (κ3) is 6.20. The molecule has 0 aromatic carbocycles. The van der Waals surface area contributed by atoms with Crippen molar-refractivity contribution in [2.75, 3.05) is 46.4 Å². The van der Waals surface area contributed by atoms with Crippen molar-refractivity contribution in [2.24, 2.45) is 5.73 Å². The van der Waals surface area contributed by atoms with E-state index in [9.17, 15) is 4.79 Å². The molecular formula is C15H31N3O3. The minimum atomic E-state index is -0.435. The van der Waals surface area contributed by atoms with Crippen molar-refractivity contribution in [2.45, 2.75) is 45.3 Å². The summed E-state index contributed by atoms with van der Waals surface area (Å²) in [4.78, 5) is 16.1. The van der Waals surface area contributed by atoms with Gasteiger partial charge in [-0.3, -0.25) is 4.90 Å². The molecule has 1 heterocycles. The van der Waals surface area contributed by atoms with Gasteiger partial charge in [0.1, 0.15) is 5.60 Å². The van der Waals surface area contributed by atoms with E-state index in [0.717, 1.165) is 26.1 Å². The van der Waals surface area contributed by atoms with Gasteiger partial charge in [0.25, 0.3) is 0 Å². The molecule has 0 aliphatic carbocycles. The molecule has 1 rings (SSSR count). The highest BCUT2D eigenvalue weighted by atomic mass is 16.6. The lowest BCUT2D eigenvalue weighted by molar-refractivity contribution is -0.00883. The predicted molar refractivity (Wildman–Crippen MR) is 83.3 cm³/mol. The number of rotatable bonds is 5. The molecule has 1 fully saturated rings. The second-order valence-electron chi connectivity index (χ2n) is 6.92. The van der Waals surface area contributed by atoms with Gasteiger partial charge < -0.3 is 20.1 Å². The van der Waals surface area contributed by atoms with Crippen LogP contribution in [0.5, 0.6) is 0 Å². The molecule has 6 nitrogen and oxygen atoms in total. The molecule has 1 aliphatic rings. The first kappa shape index (κ1) is 18.2. The van der Waals surface area contributed by atoms with E-state index in [1.54, 1.807) is 12.0 Å². The maximum Gasteiger partial charge on any atom is 0.410 e. The number of amides is 1. The van der Waals surface area contributed by atoms with E-state index in [2.05, 4.69) is 4.90 Å². The minimum absolute atomic E-state index is 0.217. The van der Waals surface area contributed by atoms with Gasteiger partial charge in [-0.05, 0) is 34.1 Å². The van der Waals surface area contributed by atoms with Crippen molar-refractivity contribution in [3.05, 3.63) is 0 Å². The summed E-state index contributed by atoms with van der Waals surface area (Å²) >= 11 is 0. The fourth-order valence-electron chi connectivity index (χ4n) is 2.16. The SMILES string of the molecule is COC(C)(CN)CCN1CCN(C(=O)OC(C)(C)C)CC1. The van der Waals surface area contributed by atoms with Crippen LogP contribution >= 0.6 is 0 Å². The summed E-state index contributed by atoms with van der Waals surface area (Å²) in [5, 5.41) is 0. The molecule has 2 N–H and O–H groups in total. The van der Waals surface area contributed by atoms with Gasteiger partial charge in [-0.1, -0.05) is 0 Å². The van der Waals surface area contributed by atoms with Crippen LogP contribution in [0.1, 0.15) is 34.1 Å². The van der Waals surface area contributed by atoms with Crippen molar-refractivity contribution >= 4 is 6.09 Å². The molecule has 1 atom stereocenters.